The zero-order valence-electron chi connectivity index (χ0n) is 18.7. The minimum atomic E-state index is -0.146. The van der Waals surface area contributed by atoms with Crippen LogP contribution in [0.5, 0.6) is 0 Å². The molecule has 0 unspecified atom stereocenters. The fourth-order valence-electron chi connectivity index (χ4n) is 3.63. The van der Waals surface area contributed by atoms with Crippen molar-refractivity contribution in [3.63, 3.8) is 0 Å². The predicted octanol–water partition coefficient (Wildman–Crippen LogP) is 4.09. The zero-order chi connectivity index (χ0) is 22.7. The van der Waals surface area contributed by atoms with E-state index in [4.69, 9.17) is 0 Å². The monoisotopic (exact) mass is 446 g/mol. The standard InChI is InChI=1S/C24H26N6OS/c1-16-7-5-6-8-21(16)30-22(26-27-24(30)32-4)14-25-23(31)20-11-9-19(10-12-20)15-29-18(3)13-17(2)28-29/h5-13H,14-15H2,1-4H3,(H,25,31). The Morgan fingerprint density at radius 2 is 1.78 bits per heavy atom. The van der Waals surface area contributed by atoms with Crippen molar-refractivity contribution in [2.24, 2.45) is 0 Å². The van der Waals surface area contributed by atoms with Gasteiger partial charge in [0, 0.05) is 11.3 Å². The zero-order valence-corrected chi connectivity index (χ0v) is 19.5. The highest BCUT2D eigenvalue weighted by atomic mass is 32.2. The lowest BCUT2D eigenvalue weighted by atomic mass is 10.1. The molecule has 8 heteroatoms. The van der Waals surface area contributed by atoms with Crippen LogP contribution in [-0.4, -0.2) is 36.7 Å². The topological polar surface area (TPSA) is 77.6 Å². The third-order valence-corrected chi connectivity index (χ3v) is 5.93. The van der Waals surface area contributed by atoms with Crippen molar-refractivity contribution in [1.29, 1.82) is 0 Å². The molecule has 0 aliphatic rings. The Kier molecular flexibility index (Phi) is 6.41. The van der Waals surface area contributed by atoms with Crippen LogP contribution in [0.4, 0.5) is 0 Å². The maximum absolute atomic E-state index is 12.7. The van der Waals surface area contributed by atoms with E-state index < -0.39 is 0 Å². The number of nitrogens with one attached hydrogen (secondary N) is 1. The first-order valence-electron chi connectivity index (χ1n) is 10.4. The first kappa shape index (κ1) is 21.8. The fraction of sp³-hybridized carbons (Fsp3) is 0.250. The van der Waals surface area contributed by atoms with Gasteiger partial charge in [0.25, 0.3) is 5.91 Å². The number of thioether (sulfide) groups is 1. The summed E-state index contributed by atoms with van der Waals surface area (Å²) in [7, 11) is 0. The predicted molar refractivity (Wildman–Crippen MR) is 126 cm³/mol. The van der Waals surface area contributed by atoms with Crippen LogP contribution in [0.25, 0.3) is 5.69 Å². The highest BCUT2D eigenvalue weighted by Crippen LogP contribution is 2.22. The van der Waals surface area contributed by atoms with Crippen LogP contribution >= 0.6 is 11.8 Å². The third kappa shape index (κ3) is 4.60. The third-order valence-electron chi connectivity index (χ3n) is 5.30. The van der Waals surface area contributed by atoms with Crippen LogP contribution in [-0.2, 0) is 13.1 Å². The van der Waals surface area contributed by atoms with E-state index in [-0.39, 0.29) is 12.5 Å². The van der Waals surface area contributed by atoms with Crippen molar-refractivity contribution in [2.75, 3.05) is 6.26 Å². The van der Waals surface area contributed by atoms with Gasteiger partial charge < -0.3 is 5.32 Å². The average Bonchev–Trinajstić information content (AvgIpc) is 3.34. The molecule has 0 saturated heterocycles. The number of hydrogen-bond donors (Lipinski definition) is 1. The molecule has 2 aromatic heterocycles. The highest BCUT2D eigenvalue weighted by Gasteiger charge is 2.16. The van der Waals surface area contributed by atoms with E-state index in [1.165, 1.54) is 11.8 Å². The number of aromatic nitrogens is 5. The molecule has 0 atom stereocenters. The molecule has 1 amide bonds. The number of hydrogen-bond acceptors (Lipinski definition) is 5. The van der Waals surface area contributed by atoms with Gasteiger partial charge in [0.1, 0.15) is 0 Å². The van der Waals surface area contributed by atoms with Gasteiger partial charge in [0.15, 0.2) is 11.0 Å². The van der Waals surface area contributed by atoms with Gasteiger partial charge in [0.05, 0.1) is 24.5 Å². The Balaban J connectivity index is 1.46. The summed E-state index contributed by atoms with van der Waals surface area (Å²) in [5, 5.41) is 16.8. The van der Waals surface area contributed by atoms with E-state index in [0.29, 0.717) is 17.9 Å². The molecular weight excluding hydrogens is 420 g/mol. The lowest BCUT2D eigenvalue weighted by Gasteiger charge is -2.12. The molecule has 7 nitrogen and oxygen atoms in total. The smallest absolute Gasteiger partial charge is 0.251 e. The maximum Gasteiger partial charge on any atom is 0.251 e. The Labute approximate surface area is 191 Å². The van der Waals surface area contributed by atoms with Gasteiger partial charge >= 0.3 is 0 Å². The summed E-state index contributed by atoms with van der Waals surface area (Å²) in [6.07, 6.45) is 1.97. The molecule has 0 bridgehead atoms. The van der Waals surface area contributed by atoms with Gasteiger partial charge in [-0.05, 0) is 62.4 Å². The average molecular weight is 447 g/mol. The second-order valence-corrected chi connectivity index (χ2v) is 8.46. The number of amides is 1. The summed E-state index contributed by atoms with van der Waals surface area (Å²) in [5.74, 6) is 0.547. The molecule has 0 saturated carbocycles. The largest absolute Gasteiger partial charge is 0.345 e. The van der Waals surface area contributed by atoms with E-state index in [9.17, 15) is 4.79 Å². The summed E-state index contributed by atoms with van der Waals surface area (Å²) in [6.45, 7) is 7.04. The van der Waals surface area contributed by atoms with Crippen molar-refractivity contribution in [3.8, 4) is 5.69 Å². The lowest BCUT2D eigenvalue weighted by Crippen LogP contribution is -2.24. The molecule has 4 aromatic rings. The number of nitrogens with zero attached hydrogens (tertiary/aromatic N) is 5. The number of carbonyl (C=O) groups excluding carboxylic acids is 1. The van der Waals surface area contributed by atoms with Crippen molar-refractivity contribution >= 4 is 17.7 Å². The molecule has 164 valence electrons. The number of para-hydroxylation sites is 1. The number of aryl methyl sites for hydroxylation is 3. The highest BCUT2D eigenvalue weighted by molar-refractivity contribution is 7.98. The molecule has 0 aliphatic carbocycles. The van der Waals surface area contributed by atoms with E-state index in [0.717, 1.165) is 33.4 Å². The molecule has 0 fully saturated rings. The molecule has 1 N–H and O–H groups in total. The summed E-state index contributed by atoms with van der Waals surface area (Å²) in [5.41, 5.74) is 5.95. The first-order chi connectivity index (χ1) is 15.5. The van der Waals surface area contributed by atoms with Crippen LogP contribution < -0.4 is 5.32 Å². The lowest BCUT2D eigenvalue weighted by molar-refractivity contribution is 0.0949. The van der Waals surface area contributed by atoms with Crippen LogP contribution in [0, 0.1) is 20.8 Å². The fourth-order valence-corrected chi connectivity index (χ4v) is 4.14. The second-order valence-electron chi connectivity index (χ2n) is 7.69. The second kappa shape index (κ2) is 9.40. The number of carbonyl (C=O) groups is 1. The van der Waals surface area contributed by atoms with Gasteiger partial charge in [0.2, 0.25) is 0 Å². The van der Waals surface area contributed by atoms with Gasteiger partial charge in [-0.3, -0.25) is 14.0 Å². The van der Waals surface area contributed by atoms with Crippen LogP contribution in [0.15, 0.2) is 59.8 Å². The summed E-state index contributed by atoms with van der Waals surface area (Å²) in [6, 6.07) is 17.7. The molecule has 0 spiro atoms. The van der Waals surface area contributed by atoms with E-state index in [2.05, 4.69) is 39.7 Å². The summed E-state index contributed by atoms with van der Waals surface area (Å²) >= 11 is 1.52. The molecule has 32 heavy (non-hydrogen) atoms. The van der Waals surface area contributed by atoms with Gasteiger partial charge in [-0.25, -0.2) is 0 Å². The molecule has 2 aromatic carbocycles. The van der Waals surface area contributed by atoms with Crippen molar-refractivity contribution in [2.45, 2.75) is 39.0 Å². The first-order valence-corrected chi connectivity index (χ1v) is 11.6. The summed E-state index contributed by atoms with van der Waals surface area (Å²) < 4.78 is 3.96. The molecule has 4 rings (SSSR count). The van der Waals surface area contributed by atoms with Crippen molar-refractivity contribution < 1.29 is 4.79 Å². The Morgan fingerprint density at radius 1 is 1.03 bits per heavy atom. The molecule has 0 aliphatic heterocycles. The van der Waals surface area contributed by atoms with E-state index in [1.54, 1.807) is 0 Å². The Bertz CT molecular complexity index is 1240. The van der Waals surface area contributed by atoms with E-state index >= 15 is 0 Å². The van der Waals surface area contributed by atoms with Gasteiger partial charge in [-0.2, -0.15) is 5.10 Å². The summed E-state index contributed by atoms with van der Waals surface area (Å²) in [4.78, 5) is 12.7. The Morgan fingerprint density at radius 3 is 2.44 bits per heavy atom. The van der Waals surface area contributed by atoms with Crippen LogP contribution in [0.3, 0.4) is 0 Å². The van der Waals surface area contributed by atoms with Gasteiger partial charge in [-0.1, -0.05) is 42.1 Å². The number of rotatable bonds is 7. The Hall–Kier alpha value is -3.39. The molecule has 2 heterocycles. The SMILES string of the molecule is CSc1nnc(CNC(=O)c2ccc(Cn3nc(C)cc3C)cc2)n1-c1ccccc1C. The van der Waals surface area contributed by atoms with Gasteiger partial charge in [-0.15, -0.1) is 10.2 Å². The minimum absolute atomic E-state index is 0.146. The van der Waals surface area contributed by atoms with Crippen LogP contribution in [0.1, 0.15) is 38.7 Å². The molecule has 0 radical (unpaired) electrons. The van der Waals surface area contributed by atoms with Crippen molar-refractivity contribution in [1.82, 2.24) is 29.9 Å². The normalized spacial score (nSPS) is 11.0. The van der Waals surface area contributed by atoms with E-state index in [1.807, 2.05) is 71.8 Å². The molecular formula is C24H26N6OS. The van der Waals surface area contributed by atoms with Crippen molar-refractivity contribution in [3.05, 3.63) is 88.5 Å². The maximum atomic E-state index is 12.7. The number of benzene rings is 2. The van der Waals surface area contributed by atoms with Crippen LogP contribution in [0.2, 0.25) is 0 Å². The minimum Gasteiger partial charge on any atom is -0.345 e. The quantitative estimate of drug-likeness (QED) is 0.433.